The van der Waals surface area contributed by atoms with Crippen molar-refractivity contribution in [3.63, 3.8) is 0 Å². The van der Waals surface area contributed by atoms with E-state index in [9.17, 15) is 0 Å². The van der Waals surface area contributed by atoms with Crippen LogP contribution in [0.3, 0.4) is 0 Å². The molecule has 5 heteroatoms. The third-order valence-corrected chi connectivity index (χ3v) is 5.16. The number of methoxy groups -OCH3 is 2. The predicted molar refractivity (Wildman–Crippen MR) is 122 cm³/mol. The summed E-state index contributed by atoms with van der Waals surface area (Å²) in [5, 5.41) is 1.84. The molecule has 0 aliphatic rings. The summed E-state index contributed by atoms with van der Waals surface area (Å²) in [6.07, 6.45) is 1.72. The Morgan fingerprint density at radius 1 is 0.645 bits per heavy atom. The SMILES string of the molecule is COc1cc2nccc(Oc3cc4ccccc4nc3-c3ccccc3)c2cc1OC. The third-order valence-electron chi connectivity index (χ3n) is 5.16. The van der Waals surface area contributed by atoms with Gasteiger partial charge in [0.15, 0.2) is 17.2 Å². The van der Waals surface area contributed by atoms with Crippen molar-refractivity contribution in [2.75, 3.05) is 14.2 Å². The number of aromatic nitrogens is 2. The van der Waals surface area contributed by atoms with E-state index in [0.29, 0.717) is 23.0 Å². The molecule has 0 bridgehead atoms. The maximum absolute atomic E-state index is 6.46. The lowest BCUT2D eigenvalue weighted by atomic mass is 10.1. The van der Waals surface area contributed by atoms with E-state index in [1.807, 2.05) is 78.9 Å². The highest BCUT2D eigenvalue weighted by atomic mass is 16.5. The highest BCUT2D eigenvalue weighted by Crippen LogP contribution is 2.39. The van der Waals surface area contributed by atoms with E-state index in [1.165, 1.54) is 0 Å². The fraction of sp³-hybridized carbons (Fsp3) is 0.0769. The second-order valence-corrected chi connectivity index (χ2v) is 7.03. The van der Waals surface area contributed by atoms with Crippen molar-refractivity contribution >= 4 is 21.8 Å². The molecule has 2 aromatic heterocycles. The van der Waals surface area contributed by atoms with Crippen LogP contribution in [0.15, 0.2) is 85.1 Å². The first-order valence-corrected chi connectivity index (χ1v) is 9.90. The van der Waals surface area contributed by atoms with Crippen molar-refractivity contribution in [1.29, 1.82) is 0 Å². The molecule has 0 amide bonds. The monoisotopic (exact) mass is 408 g/mol. The van der Waals surface area contributed by atoms with Gasteiger partial charge < -0.3 is 14.2 Å². The lowest BCUT2D eigenvalue weighted by molar-refractivity contribution is 0.355. The third kappa shape index (κ3) is 3.51. The van der Waals surface area contributed by atoms with Crippen LogP contribution < -0.4 is 14.2 Å². The molecule has 5 aromatic rings. The van der Waals surface area contributed by atoms with E-state index >= 15 is 0 Å². The van der Waals surface area contributed by atoms with E-state index in [0.717, 1.165) is 33.1 Å². The molecule has 0 radical (unpaired) electrons. The molecular formula is C26H20N2O3. The maximum atomic E-state index is 6.46. The molecular weight excluding hydrogens is 388 g/mol. The molecule has 0 atom stereocenters. The van der Waals surface area contributed by atoms with Gasteiger partial charge in [0, 0.05) is 28.6 Å². The van der Waals surface area contributed by atoms with Gasteiger partial charge >= 0.3 is 0 Å². The highest BCUT2D eigenvalue weighted by Gasteiger charge is 2.15. The Morgan fingerprint density at radius 3 is 2.19 bits per heavy atom. The molecule has 3 aromatic carbocycles. The average molecular weight is 408 g/mol. The molecule has 5 rings (SSSR count). The number of benzene rings is 3. The van der Waals surface area contributed by atoms with Crippen molar-refractivity contribution in [2.45, 2.75) is 0 Å². The topological polar surface area (TPSA) is 53.5 Å². The summed E-state index contributed by atoms with van der Waals surface area (Å²) < 4.78 is 17.4. The molecule has 0 saturated heterocycles. The minimum Gasteiger partial charge on any atom is -0.493 e. The van der Waals surface area contributed by atoms with Gasteiger partial charge in [-0.3, -0.25) is 4.98 Å². The summed E-state index contributed by atoms with van der Waals surface area (Å²) in [6.45, 7) is 0. The first kappa shape index (κ1) is 18.9. The fourth-order valence-electron chi connectivity index (χ4n) is 3.63. The van der Waals surface area contributed by atoms with E-state index in [2.05, 4.69) is 4.98 Å². The molecule has 0 saturated carbocycles. The van der Waals surface area contributed by atoms with Crippen LogP contribution in [-0.4, -0.2) is 24.2 Å². The largest absolute Gasteiger partial charge is 0.493 e. The van der Waals surface area contributed by atoms with E-state index in [1.54, 1.807) is 20.4 Å². The van der Waals surface area contributed by atoms with Crippen LogP contribution in [0.1, 0.15) is 0 Å². The highest BCUT2D eigenvalue weighted by molar-refractivity contribution is 5.89. The normalized spacial score (nSPS) is 10.9. The van der Waals surface area contributed by atoms with Gasteiger partial charge in [-0.05, 0) is 24.3 Å². The van der Waals surface area contributed by atoms with Gasteiger partial charge in [-0.1, -0.05) is 48.5 Å². The van der Waals surface area contributed by atoms with E-state index in [4.69, 9.17) is 19.2 Å². The van der Waals surface area contributed by atoms with E-state index < -0.39 is 0 Å². The second kappa shape index (κ2) is 7.95. The van der Waals surface area contributed by atoms with Gasteiger partial charge in [-0.2, -0.15) is 0 Å². The summed E-state index contributed by atoms with van der Waals surface area (Å²) >= 11 is 0. The molecule has 5 nitrogen and oxygen atoms in total. The summed E-state index contributed by atoms with van der Waals surface area (Å²) in [7, 11) is 3.22. The second-order valence-electron chi connectivity index (χ2n) is 7.03. The van der Waals surface area contributed by atoms with Crippen molar-refractivity contribution in [2.24, 2.45) is 0 Å². The Morgan fingerprint density at radius 2 is 1.39 bits per heavy atom. The van der Waals surface area contributed by atoms with Crippen LogP contribution in [0.2, 0.25) is 0 Å². The Balaban J connectivity index is 1.69. The van der Waals surface area contributed by atoms with Crippen molar-refractivity contribution in [3.05, 3.63) is 85.1 Å². The van der Waals surface area contributed by atoms with Crippen LogP contribution in [0, 0.1) is 0 Å². The van der Waals surface area contributed by atoms with Gasteiger partial charge in [-0.25, -0.2) is 4.98 Å². The molecule has 0 N–H and O–H groups in total. The van der Waals surface area contributed by atoms with Gasteiger partial charge in [0.2, 0.25) is 0 Å². The summed E-state index contributed by atoms with van der Waals surface area (Å²) in [5.41, 5.74) is 3.44. The number of para-hydroxylation sites is 1. The Kier molecular flexibility index (Phi) is 4.84. The van der Waals surface area contributed by atoms with Crippen molar-refractivity contribution in [1.82, 2.24) is 9.97 Å². The van der Waals surface area contributed by atoms with Crippen LogP contribution in [0.4, 0.5) is 0 Å². The first-order valence-electron chi connectivity index (χ1n) is 9.90. The molecule has 0 aliphatic heterocycles. The first-order chi connectivity index (χ1) is 15.3. The number of rotatable bonds is 5. The van der Waals surface area contributed by atoms with Gasteiger partial charge in [0.05, 0.1) is 25.3 Å². The summed E-state index contributed by atoms with van der Waals surface area (Å²) in [5.74, 6) is 2.58. The number of fused-ring (bicyclic) bond motifs is 2. The van der Waals surface area contributed by atoms with Crippen LogP contribution in [0.5, 0.6) is 23.0 Å². The van der Waals surface area contributed by atoms with Crippen LogP contribution in [-0.2, 0) is 0 Å². The number of ether oxygens (including phenoxy) is 3. The lowest BCUT2D eigenvalue weighted by Gasteiger charge is -2.15. The maximum Gasteiger partial charge on any atom is 0.162 e. The number of hydrogen-bond acceptors (Lipinski definition) is 5. The van der Waals surface area contributed by atoms with Gasteiger partial charge in [0.25, 0.3) is 0 Å². The number of nitrogens with zero attached hydrogens (tertiary/aromatic N) is 2. The predicted octanol–water partition coefficient (Wildman–Crippen LogP) is 6.26. The van der Waals surface area contributed by atoms with Crippen LogP contribution >= 0.6 is 0 Å². The smallest absolute Gasteiger partial charge is 0.162 e. The van der Waals surface area contributed by atoms with Gasteiger partial charge in [-0.15, -0.1) is 0 Å². The molecule has 0 unspecified atom stereocenters. The van der Waals surface area contributed by atoms with Crippen LogP contribution in [0.25, 0.3) is 33.1 Å². The molecule has 2 heterocycles. The zero-order valence-electron chi connectivity index (χ0n) is 17.2. The molecule has 152 valence electrons. The number of hydrogen-bond donors (Lipinski definition) is 0. The van der Waals surface area contributed by atoms with Gasteiger partial charge in [0.1, 0.15) is 11.4 Å². The summed E-state index contributed by atoms with van der Waals surface area (Å²) in [6, 6.07) is 25.7. The number of pyridine rings is 2. The molecule has 0 aliphatic carbocycles. The van der Waals surface area contributed by atoms with Crippen molar-refractivity contribution < 1.29 is 14.2 Å². The fourth-order valence-corrected chi connectivity index (χ4v) is 3.63. The standard InChI is InChI=1S/C26H20N2O3/c1-29-23-15-19-21(16-24(23)30-2)27-13-12-22(19)31-25-14-18-10-6-7-11-20(18)28-26(25)17-8-4-3-5-9-17/h3-16H,1-2H3. The Hall–Kier alpha value is -4.12. The van der Waals surface area contributed by atoms with Crippen molar-refractivity contribution in [3.8, 4) is 34.3 Å². The molecule has 0 fully saturated rings. The Labute approximate surface area is 179 Å². The minimum absolute atomic E-state index is 0.618. The van der Waals surface area contributed by atoms with E-state index in [-0.39, 0.29) is 0 Å². The molecule has 31 heavy (non-hydrogen) atoms. The average Bonchev–Trinajstić information content (AvgIpc) is 2.83. The summed E-state index contributed by atoms with van der Waals surface area (Å²) in [4.78, 5) is 9.36. The minimum atomic E-state index is 0.618. The quantitative estimate of drug-likeness (QED) is 0.344. The Bertz CT molecular complexity index is 1380. The zero-order valence-corrected chi connectivity index (χ0v) is 17.2. The lowest BCUT2D eigenvalue weighted by Crippen LogP contribution is -1.95. The molecule has 0 spiro atoms. The zero-order chi connectivity index (χ0) is 21.2.